The fourth-order valence-electron chi connectivity index (χ4n) is 3.99. The minimum Gasteiger partial charge on any atom is -0.356 e. The normalized spacial score (nSPS) is 23.7. The molecule has 0 spiro atoms. The summed E-state index contributed by atoms with van der Waals surface area (Å²) < 4.78 is 0. The smallest absolute Gasteiger partial charge is 0.216 e. The lowest BCUT2D eigenvalue weighted by Gasteiger charge is -2.37. The van der Waals surface area contributed by atoms with E-state index in [1.54, 1.807) is 13.1 Å². The summed E-state index contributed by atoms with van der Waals surface area (Å²) in [4.78, 5) is 23.6. The topological polar surface area (TPSA) is 70.7 Å². The van der Waals surface area contributed by atoms with Crippen LogP contribution in [-0.2, 0) is 11.2 Å². The lowest BCUT2D eigenvalue weighted by atomic mass is 9.70. The number of carbonyl (C=O) groups is 1. The number of allylic oxidation sites excluding steroid dienone is 1. The molecule has 25 heavy (non-hydrogen) atoms. The molecule has 2 heterocycles. The number of rotatable bonds is 5. The third kappa shape index (κ3) is 4.09. The van der Waals surface area contributed by atoms with Gasteiger partial charge in [0.05, 0.1) is 5.52 Å². The first-order valence-corrected chi connectivity index (χ1v) is 9.16. The molecule has 2 aromatic heterocycles. The maximum absolute atomic E-state index is 11.3. The summed E-state index contributed by atoms with van der Waals surface area (Å²) in [5, 5.41) is 2.99. The Morgan fingerprint density at radius 1 is 1.44 bits per heavy atom. The van der Waals surface area contributed by atoms with Crippen molar-refractivity contribution >= 4 is 17.1 Å². The predicted molar refractivity (Wildman–Crippen MR) is 100.0 cm³/mol. The molecule has 3 atom stereocenters. The number of nitrogens with zero attached hydrogens (tertiary/aromatic N) is 2. The van der Waals surface area contributed by atoms with E-state index in [9.17, 15) is 4.79 Å². The molecule has 0 aliphatic heterocycles. The molecule has 0 fully saturated rings. The van der Waals surface area contributed by atoms with Crippen molar-refractivity contribution in [1.29, 1.82) is 0 Å². The Bertz CT molecular complexity index is 744. The van der Waals surface area contributed by atoms with Crippen LogP contribution in [0.2, 0.25) is 0 Å². The second-order valence-electron chi connectivity index (χ2n) is 7.61. The molecule has 2 aromatic rings. The van der Waals surface area contributed by atoms with E-state index in [1.807, 2.05) is 12.1 Å². The first-order chi connectivity index (χ1) is 11.9. The van der Waals surface area contributed by atoms with Gasteiger partial charge >= 0.3 is 0 Å². The Kier molecular flexibility index (Phi) is 5.21. The molecule has 0 saturated carbocycles. The van der Waals surface area contributed by atoms with Crippen molar-refractivity contribution in [2.45, 2.75) is 40.5 Å². The number of pyridine rings is 1. The predicted octanol–water partition coefficient (Wildman–Crippen LogP) is 3.49. The van der Waals surface area contributed by atoms with Crippen molar-refractivity contribution in [1.82, 2.24) is 20.3 Å². The highest BCUT2D eigenvalue weighted by molar-refractivity contribution is 5.72. The van der Waals surface area contributed by atoms with Crippen LogP contribution in [0.4, 0.5) is 0 Å². The number of amides is 1. The summed E-state index contributed by atoms with van der Waals surface area (Å²) >= 11 is 0. The standard InChI is InChI=1S/C20H28N4O/c1-12(2)17-9-15(13(3)8-16(17)11-22-14(4)25)10-19-23-18-6-5-7-21-20(18)24-19/h5-8,12,15-17H,9-11H2,1-4H3,(H,22,25)(H,21,23,24)/t15-,16-,17-/m0/s1. The Morgan fingerprint density at radius 2 is 2.24 bits per heavy atom. The maximum atomic E-state index is 11.3. The monoisotopic (exact) mass is 340 g/mol. The maximum Gasteiger partial charge on any atom is 0.216 e. The highest BCUT2D eigenvalue weighted by Gasteiger charge is 2.32. The number of H-pyrrole nitrogens is 1. The molecule has 1 amide bonds. The van der Waals surface area contributed by atoms with Gasteiger partial charge in [0, 0.05) is 26.1 Å². The van der Waals surface area contributed by atoms with Crippen molar-refractivity contribution in [2.24, 2.45) is 23.7 Å². The van der Waals surface area contributed by atoms with Crippen LogP contribution in [0.15, 0.2) is 30.0 Å². The summed E-state index contributed by atoms with van der Waals surface area (Å²) in [5.74, 6) is 3.12. The van der Waals surface area contributed by atoms with Gasteiger partial charge in [0.25, 0.3) is 0 Å². The van der Waals surface area contributed by atoms with Crippen molar-refractivity contribution in [2.75, 3.05) is 6.54 Å². The summed E-state index contributed by atoms with van der Waals surface area (Å²) in [6.45, 7) is 9.09. The molecule has 0 saturated heterocycles. The average Bonchev–Trinajstić information content (AvgIpc) is 2.96. The van der Waals surface area contributed by atoms with Crippen LogP contribution in [0.25, 0.3) is 11.2 Å². The van der Waals surface area contributed by atoms with E-state index in [0.717, 1.165) is 36.4 Å². The van der Waals surface area contributed by atoms with E-state index < -0.39 is 0 Å². The SMILES string of the molecule is CC(=O)NC[C@@H]1C=C(C)[C@H](Cc2nc3ncccc3[nH]2)C[C@H]1C(C)C. The third-order valence-corrected chi connectivity index (χ3v) is 5.42. The van der Waals surface area contributed by atoms with Gasteiger partial charge in [0.1, 0.15) is 5.82 Å². The van der Waals surface area contributed by atoms with Crippen LogP contribution in [0.5, 0.6) is 0 Å². The lowest BCUT2D eigenvalue weighted by molar-refractivity contribution is -0.119. The zero-order valence-electron chi connectivity index (χ0n) is 15.5. The Morgan fingerprint density at radius 3 is 2.92 bits per heavy atom. The molecule has 0 radical (unpaired) electrons. The van der Waals surface area contributed by atoms with E-state index in [2.05, 4.69) is 47.1 Å². The van der Waals surface area contributed by atoms with Gasteiger partial charge in [-0.25, -0.2) is 9.97 Å². The lowest BCUT2D eigenvalue weighted by Crippen LogP contribution is -2.36. The minimum absolute atomic E-state index is 0.0467. The molecule has 5 nitrogen and oxygen atoms in total. The molecule has 1 aliphatic carbocycles. The van der Waals surface area contributed by atoms with Crippen LogP contribution < -0.4 is 5.32 Å². The average molecular weight is 340 g/mol. The molecule has 5 heteroatoms. The van der Waals surface area contributed by atoms with Crippen LogP contribution in [0.3, 0.4) is 0 Å². The Labute approximate surface area is 149 Å². The summed E-state index contributed by atoms with van der Waals surface area (Å²) in [6.07, 6.45) is 6.19. The van der Waals surface area contributed by atoms with Gasteiger partial charge in [-0.1, -0.05) is 25.5 Å². The molecular formula is C20H28N4O. The van der Waals surface area contributed by atoms with Crippen LogP contribution in [0.1, 0.15) is 39.9 Å². The molecule has 3 rings (SSSR count). The van der Waals surface area contributed by atoms with Crippen LogP contribution in [0, 0.1) is 23.7 Å². The molecule has 134 valence electrons. The molecule has 1 aliphatic rings. The zero-order valence-corrected chi connectivity index (χ0v) is 15.5. The molecule has 2 N–H and O–H groups in total. The summed E-state index contributed by atoms with van der Waals surface area (Å²) in [7, 11) is 0. The summed E-state index contributed by atoms with van der Waals surface area (Å²) in [6, 6.07) is 3.94. The molecule has 0 aromatic carbocycles. The van der Waals surface area contributed by atoms with Gasteiger partial charge in [-0.2, -0.15) is 0 Å². The first kappa shape index (κ1) is 17.6. The largest absolute Gasteiger partial charge is 0.356 e. The second-order valence-corrected chi connectivity index (χ2v) is 7.61. The van der Waals surface area contributed by atoms with Crippen molar-refractivity contribution < 1.29 is 4.79 Å². The van der Waals surface area contributed by atoms with Crippen LogP contribution in [-0.4, -0.2) is 27.4 Å². The van der Waals surface area contributed by atoms with E-state index in [-0.39, 0.29) is 5.91 Å². The van der Waals surface area contributed by atoms with Crippen molar-refractivity contribution in [3.8, 4) is 0 Å². The van der Waals surface area contributed by atoms with Gasteiger partial charge in [-0.3, -0.25) is 4.79 Å². The van der Waals surface area contributed by atoms with Gasteiger partial charge in [-0.05, 0) is 49.1 Å². The molecule has 0 unspecified atom stereocenters. The highest BCUT2D eigenvalue weighted by Crippen LogP contribution is 2.38. The number of carbonyl (C=O) groups excluding carboxylic acids is 1. The number of hydrogen-bond donors (Lipinski definition) is 2. The fraction of sp³-hybridized carbons (Fsp3) is 0.550. The second kappa shape index (κ2) is 7.38. The van der Waals surface area contributed by atoms with Gasteiger partial charge in [0.15, 0.2) is 5.65 Å². The number of aromatic nitrogens is 3. The number of nitrogens with one attached hydrogen (secondary N) is 2. The van der Waals surface area contributed by atoms with E-state index in [0.29, 0.717) is 23.7 Å². The molecular weight excluding hydrogens is 312 g/mol. The van der Waals surface area contributed by atoms with Gasteiger partial charge in [-0.15, -0.1) is 0 Å². The number of fused-ring (bicyclic) bond motifs is 1. The highest BCUT2D eigenvalue weighted by atomic mass is 16.1. The quantitative estimate of drug-likeness (QED) is 0.819. The van der Waals surface area contributed by atoms with Crippen molar-refractivity contribution in [3.63, 3.8) is 0 Å². The number of aromatic amines is 1. The van der Waals surface area contributed by atoms with E-state index in [1.165, 1.54) is 5.57 Å². The third-order valence-electron chi connectivity index (χ3n) is 5.42. The van der Waals surface area contributed by atoms with Gasteiger partial charge < -0.3 is 10.3 Å². The summed E-state index contributed by atoms with van der Waals surface area (Å²) in [5.41, 5.74) is 3.19. The number of imidazole rings is 1. The van der Waals surface area contributed by atoms with E-state index >= 15 is 0 Å². The van der Waals surface area contributed by atoms with E-state index in [4.69, 9.17) is 0 Å². The Hall–Kier alpha value is -2.17. The Balaban J connectivity index is 1.77. The van der Waals surface area contributed by atoms with Gasteiger partial charge in [0.2, 0.25) is 5.91 Å². The van der Waals surface area contributed by atoms with Crippen molar-refractivity contribution in [3.05, 3.63) is 35.8 Å². The molecule has 0 bridgehead atoms. The minimum atomic E-state index is 0.0467. The first-order valence-electron chi connectivity index (χ1n) is 9.16. The zero-order chi connectivity index (χ0) is 18.0. The fourth-order valence-corrected chi connectivity index (χ4v) is 3.99. The van der Waals surface area contributed by atoms with Crippen LogP contribution >= 0.6 is 0 Å². The number of hydrogen-bond acceptors (Lipinski definition) is 3.